The van der Waals surface area contributed by atoms with Gasteiger partial charge in [-0.05, 0) is 55.5 Å². The van der Waals surface area contributed by atoms with Crippen LogP contribution in [0.15, 0.2) is 48.5 Å². The fourth-order valence-corrected chi connectivity index (χ4v) is 3.77. The van der Waals surface area contributed by atoms with Crippen molar-refractivity contribution < 1.29 is 18.7 Å². The Bertz CT molecular complexity index is 1080. The van der Waals surface area contributed by atoms with E-state index in [0.717, 1.165) is 47.0 Å². The number of hydrogen-bond donors (Lipinski definition) is 1. The number of pyridine rings is 1. The smallest absolute Gasteiger partial charge is 0.339 e. The Morgan fingerprint density at radius 1 is 1.14 bits per heavy atom. The van der Waals surface area contributed by atoms with Crippen molar-refractivity contribution in [1.29, 1.82) is 0 Å². The monoisotopic (exact) mass is 392 g/mol. The molecule has 0 radical (unpaired) electrons. The first-order valence-corrected chi connectivity index (χ1v) is 9.65. The molecule has 0 saturated carbocycles. The molecule has 1 aliphatic rings. The fraction of sp³-hybridized carbons (Fsp3) is 0.261. The first-order chi connectivity index (χ1) is 14.0. The molecule has 0 spiro atoms. The molecule has 0 fully saturated rings. The molecule has 29 heavy (non-hydrogen) atoms. The number of esters is 1. The summed E-state index contributed by atoms with van der Waals surface area (Å²) in [5, 5.41) is 3.51. The number of aromatic nitrogens is 1. The van der Waals surface area contributed by atoms with E-state index in [2.05, 4.69) is 10.3 Å². The Kier molecular flexibility index (Phi) is 5.25. The first-order valence-electron chi connectivity index (χ1n) is 9.65. The van der Waals surface area contributed by atoms with Crippen molar-refractivity contribution in [2.75, 3.05) is 6.61 Å². The molecule has 1 heterocycles. The Balaban J connectivity index is 1.46. The third kappa shape index (κ3) is 3.97. The topological polar surface area (TPSA) is 68.3 Å². The predicted molar refractivity (Wildman–Crippen MR) is 107 cm³/mol. The van der Waals surface area contributed by atoms with Crippen LogP contribution in [-0.4, -0.2) is 23.5 Å². The maximum absolute atomic E-state index is 13.0. The van der Waals surface area contributed by atoms with Crippen LogP contribution in [0.2, 0.25) is 0 Å². The van der Waals surface area contributed by atoms with Crippen molar-refractivity contribution in [1.82, 2.24) is 10.3 Å². The number of carbonyl (C=O) groups is 2. The highest BCUT2D eigenvalue weighted by Gasteiger charge is 2.25. The van der Waals surface area contributed by atoms with Crippen LogP contribution in [0.25, 0.3) is 10.9 Å². The van der Waals surface area contributed by atoms with Gasteiger partial charge < -0.3 is 10.1 Å². The van der Waals surface area contributed by atoms with Crippen molar-refractivity contribution in [3.63, 3.8) is 0 Å². The second-order valence-electron chi connectivity index (χ2n) is 7.20. The molecular formula is C23H21FN2O3. The van der Waals surface area contributed by atoms with Crippen molar-refractivity contribution in [3.05, 3.63) is 76.7 Å². The number of benzene rings is 2. The van der Waals surface area contributed by atoms with Gasteiger partial charge in [-0.2, -0.15) is 0 Å². The van der Waals surface area contributed by atoms with E-state index in [9.17, 15) is 14.0 Å². The van der Waals surface area contributed by atoms with Crippen molar-refractivity contribution in [2.24, 2.45) is 0 Å². The summed E-state index contributed by atoms with van der Waals surface area (Å²) in [5.74, 6) is -1.25. The molecule has 1 N–H and O–H groups in total. The van der Waals surface area contributed by atoms with Gasteiger partial charge in [0.2, 0.25) is 0 Å². The summed E-state index contributed by atoms with van der Waals surface area (Å²) in [5.41, 5.74) is 3.90. The van der Waals surface area contributed by atoms with Crippen LogP contribution >= 0.6 is 0 Å². The molecule has 1 aliphatic carbocycles. The molecule has 1 atom stereocenters. The number of ether oxygens (including phenoxy) is 1. The van der Waals surface area contributed by atoms with Crippen LogP contribution in [0.5, 0.6) is 0 Å². The molecule has 1 amide bonds. The lowest BCUT2D eigenvalue weighted by Gasteiger charge is -2.15. The highest BCUT2D eigenvalue weighted by atomic mass is 19.1. The van der Waals surface area contributed by atoms with Crippen molar-refractivity contribution in [2.45, 2.75) is 32.2 Å². The maximum Gasteiger partial charge on any atom is 0.339 e. The largest absolute Gasteiger partial charge is 0.452 e. The van der Waals surface area contributed by atoms with Gasteiger partial charge in [0.05, 0.1) is 17.1 Å². The van der Waals surface area contributed by atoms with Crippen molar-refractivity contribution >= 4 is 22.8 Å². The molecule has 1 aromatic heterocycles. The van der Waals surface area contributed by atoms with Crippen LogP contribution in [0.3, 0.4) is 0 Å². The first kappa shape index (κ1) is 19.1. The third-order valence-electron chi connectivity index (χ3n) is 5.21. The van der Waals surface area contributed by atoms with E-state index in [1.54, 1.807) is 19.1 Å². The van der Waals surface area contributed by atoms with Gasteiger partial charge in [-0.15, -0.1) is 0 Å². The summed E-state index contributed by atoms with van der Waals surface area (Å²) in [6.07, 6.45) is 2.58. The molecule has 5 nitrogen and oxygen atoms in total. The van der Waals surface area contributed by atoms with E-state index >= 15 is 0 Å². The van der Waals surface area contributed by atoms with E-state index in [4.69, 9.17) is 4.74 Å². The molecule has 3 aromatic rings. The minimum absolute atomic E-state index is 0.326. The minimum atomic E-state index is -0.508. The average Bonchev–Trinajstić information content (AvgIpc) is 3.18. The average molecular weight is 392 g/mol. The number of nitrogens with one attached hydrogen (secondary N) is 1. The van der Waals surface area contributed by atoms with Gasteiger partial charge in [-0.25, -0.2) is 9.18 Å². The van der Waals surface area contributed by atoms with Crippen LogP contribution in [0, 0.1) is 5.82 Å². The molecule has 0 unspecified atom stereocenters. The number of nitrogens with zero attached hydrogens (tertiary/aromatic N) is 1. The van der Waals surface area contributed by atoms with E-state index in [1.165, 1.54) is 12.1 Å². The Labute approximate surface area is 167 Å². The van der Waals surface area contributed by atoms with E-state index in [0.29, 0.717) is 5.56 Å². The van der Waals surface area contributed by atoms with Gasteiger partial charge in [0.25, 0.3) is 5.91 Å². The van der Waals surface area contributed by atoms with Gasteiger partial charge in [-0.3, -0.25) is 9.78 Å². The van der Waals surface area contributed by atoms with Gasteiger partial charge >= 0.3 is 5.97 Å². The lowest BCUT2D eigenvalue weighted by molar-refractivity contribution is -0.124. The highest BCUT2D eigenvalue weighted by Crippen LogP contribution is 2.30. The molecule has 0 aliphatic heterocycles. The number of halogens is 1. The zero-order valence-corrected chi connectivity index (χ0v) is 16.1. The molecule has 148 valence electrons. The minimum Gasteiger partial charge on any atom is -0.452 e. The van der Waals surface area contributed by atoms with E-state index < -0.39 is 11.9 Å². The second-order valence-corrected chi connectivity index (χ2v) is 7.20. The third-order valence-corrected chi connectivity index (χ3v) is 5.21. The summed E-state index contributed by atoms with van der Waals surface area (Å²) >= 11 is 0. The number of carbonyl (C=O) groups excluding carboxylic acids is 2. The Hall–Kier alpha value is -3.28. The van der Waals surface area contributed by atoms with Crippen LogP contribution < -0.4 is 5.32 Å². The van der Waals surface area contributed by atoms with E-state index in [1.807, 2.05) is 24.3 Å². The Morgan fingerprint density at radius 3 is 2.69 bits per heavy atom. The summed E-state index contributed by atoms with van der Waals surface area (Å²) in [6, 6.07) is 13.1. The Morgan fingerprint density at radius 2 is 1.90 bits per heavy atom. The summed E-state index contributed by atoms with van der Waals surface area (Å²) in [4.78, 5) is 29.8. The molecule has 4 rings (SSSR count). The van der Waals surface area contributed by atoms with Crippen LogP contribution in [0.4, 0.5) is 4.39 Å². The zero-order valence-electron chi connectivity index (χ0n) is 16.1. The molecular weight excluding hydrogens is 371 g/mol. The van der Waals surface area contributed by atoms with Gasteiger partial charge in [0.15, 0.2) is 6.61 Å². The number of rotatable bonds is 5. The zero-order chi connectivity index (χ0) is 20.4. The summed E-state index contributed by atoms with van der Waals surface area (Å²) < 4.78 is 18.4. The standard InChI is InChI=1S/C23H21FN2O3/c1-14(15-9-11-16(24)12-10-15)25-21(27)13-29-23(28)22-17-5-2-3-7-19(17)26-20-8-4-6-18(20)22/h2-3,5,7,9-12,14H,4,6,8,13H2,1H3,(H,25,27)/t14-/m1/s1. The number of fused-ring (bicyclic) bond motifs is 2. The summed E-state index contributed by atoms with van der Waals surface area (Å²) in [7, 11) is 0. The highest BCUT2D eigenvalue weighted by molar-refractivity contribution is 6.05. The lowest BCUT2D eigenvalue weighted by atomic mass is 10.0. The lowest BCUT2D eigenvalue weighted by Crippen LogP contribution is -2.31. The van der Waals surface area contributed by atoms with Crippen molar-refractivity contribution in [3.8, 4) is 0 Å². The second kappa shape index (κ2) is 7.99. The predicted octanol–water partition coefficient (Wildman–Crippen LogP) is 3.90. The fourth-order valence-electron chi connectivity index (χ4n) is 3.77. The van der Waals surface area contributed by atoms with Crippen LogP contribution in [0.1, 0.15) is 46.6 Å². The summed E-state index contributed by atoms with van der Waals surface area (Å²) in [6.45, 7) is 1.41. The molecule has 6 heteroatoms. The normalized spacial score (nSPS) is 13.7. The SMILES string of the molecule is C[C@@H](NC(=O)COC(=O)c1c2c(nc3ccccc13)CCC2)c1ccc(F)cc1. The molecule has 2 aromatic carbocycles. The van der Waals surface area contributed by atoms with Crippen LogP contribution in [-0.2, 0) is 22.4 Å². The number of hydrogen-bond acceptors (Lipinski definition) is 4. The quantitative estimate of drug-likeness (QED) is 0.669. The van der Waals surface area contributed by atoms with Gasteiger partial charge in [-0.1, -0.05) is 30.3 Å². The maximum atomic E-state index is 13.0. The number of aryl methyl sites for hydroxylation is 1. The van der Waals surface area contributed by atoms with Gasteiger partial charge in [0.1, 0.15) is 5.82 Å². The number of para-hydroxylation sites is 1. The van der Waals surface area contributed by atoms with Gasteiger partial charge in [0, 0.05) is 11.1 Å². The molecule has 0 bridgehead atoms. The molecule has 0 saturated heterocycles. The number of amides is 1. The van der Waals surface area contributed by atoms with E-state index in [-0.39, 0.29) is 18.5 Å².